The van der Waals surface area contributed by atoms with Gasteiger partial charge in [-0.25, -0.2) is 13.1 Å². The molecule has 0 spiro atoms. The molecule has 8 nitrogen and oxygen atoms in total. The highest BCUT2D eigenvalue weighted by atomic mass is 32.2. The van der Waals surface area contributed by atoms with Gasteiger partial charge >= 0.3 is 0 Å². The Morgan fingerprint density at radius 3 is 2.56 bits per heavy atom. The van der Waals surface area contributed by atoms with Crippen molar-refractivity contribution in [3.63, 3.8) is 0 Å². The Bertz CT molecular complexity index is 703. The van der Waals surface area contributed by atoms with Gasteiger partial charge in [0.05, 0.1) is 10.7 Å². The number of nitrogens with one attached hydrogen (secondary N) is 1. The van der Waals surface area contributed by atoms with Crippen molar-refractivity contribution in [1.29, 1.82) is 0 Å². The van der Waals surface area contributed by atoms with Crippen molar-refractivity contribution in [3.8, 4) is 0 Å². The van der Waals surface area contributed by atoms with E-state index in [2.05, 4.69) is 4.72 Å². The van der Waals surface area contributed by atoms with Gasteiger partial charge in [-0.05, 0) is 24.8 Å². The number of rotatable bonds is 8. The van der Waals surface area contributed by atoms with Crippen molar-refractivity contribution < 1.29 is 18.1 Å². The van der Waals surface area contributed by atoms with Crippen LogP contribution >= 0.6 is 0 Å². The molecule has 1 aromatic carbocycles. The second-order valence-electron chi connectivity index (χ2n) is 6.12. The maximum atomic E-state index is 12.1. The number of likely N-dealkylation sites (tertiary alicyclic amines) is 1. The molecule has 1 fully saturated rings. The Balaban J connectivity index is 1.77. The maximum Gasteiger partial charge on any atom is 0.269 e. The number of carbonyl (C=O) groups is 1. The summed E-state index contributed by atoms with van der Waals surface area (Å²) in [5, 5.41) is 10.6. The van der Waals surface area contributed by atoms with Gasteiger partial charge in [-0.3, -0.25) is 14.9 Å². The summed E-state index contributed by atoms with van der Waals surface area (Å²) in [6.45, 7) is 1.56. The summed E-state index contributed by atoms with van der Waals surface area (Å²) in [4.78, 5) is 23.7. The van der Waals surface area contributed by atoms with E-state index < -0.39 is 14.9 Å². The first-order valence-corrected chi connectivity index (χ1v) is 10.0. The van der Waals surface area contributed by atoms with E-state index in [0.29, 0.717) is 24.9 Å². The first-order valence-electron chi connectivity index (χ1n) is 8.36. The molecule has 0 radical (unpaired) electrons. The van der Waals surface area contributed by atoms with Crippen molar-refractivity contribution in [2.45, 2.75) is 37.9 Å². The van der Waals surface area contributed by atoms with Gasteiger partial charge in [-0.15, -0.1) is 0 Å². The number of nitrogens with zero attached hydrogens (tertiary/aromatic N) is 2. The zero-order chi connectivity index (χ0) is 18.3. The number of sulfonamides is 1. The first-order chi connectivity index (χ1) is 11.9. The third-order valence-corrected chi connectivity index (χ3v) is 5.46. The second-order valence-corrected chi connectivity index (χ2v) is 7.93. The lowest BCUT2D eigenvalue weighted by Crippen LogP contribution is -2.34. The van der Waals surface area contributed by atoms with Crippen LogP contribution in [0.5, 0.6) is 0 Å². The van der Waals surface area contributed by atoms with Crippen LogP contribution in [0.4, 0.5) is 5.69 Å². The van der Waals surface area contributed by atoms with Gasteiger partial charge in [0.2, 0.25) is 15.9 Å². The number of amides is 1. The largest absolute Gasteiger partial charge is 0.343 e. The summed E-state index contributed by atoms with van der Waals surface area (Å²) in [5.41, 5.74) is 0.414. The van der Waals surface area contributed by atoms with Gasteiger partial charge < -0.3 is 4.90 Å². The Labute approximate surface area is 147 Å². The molecule has 1 aliphatic rings. The number of non-ortho nitro benzene ring substituents is 1. The third-order valence-electron chi connectivity index (χ3n) is 4.10. The standard InChI is InChI=1S/C16H23N3O5S/c20-16-5-2-1-3-11-18(16)12-4-10-17-25(23,24)13-14-6-8-15(9-7-14)19(21)22/h6-9,17H,1-5,10-13H2. The molecule has 0 atom stereocenters. The van der Waals surface area contributed by atoms with E-state index in [0.717, 1.165) is 25.8 Å². The van der Waals surface area contributed by atoms with Gasteiger partial charge in [0.25, 0.3) is 5.69 Å². The molecule has 0 saturated carbocycles. The molecule has 0 aliphatic carbocycles. The molecule has 9 heteroatoms. The topological polar surface area (TPSA) is 110 Å². The molecule has 138 valence electrons. The molecule has 1 N–H and O–H groups in total. The third kappa shape index (κ3) is 6.43. The summed E-state index contributed by atoms with van der Waals surface area (Å²) in [6, 6.07) is 5.45. The highest BCUT2D eigenvalue weighted by Gasteiger charge is 2.17. The molecule has 1 heterocycles. The molecule has 0 unspecified atom stereocenters. The van der Waals surface area contributed by atoms with Crippen LogP contribution in [0.1, 0.15) is 37.7 Å². The molecule has 25 heavy (non-hydrogen) atoms. The summed E-state index contributed by atoms with van der Waals surface area (Å²) in [7, 11) is -3.51. The minimum Gasteiger partial charge on any atom is -0.343 e. The smallest absolute Gasteiger partial charge is 0.269 e. The van der Waals surface area contributed by atoms with E-state index in [1.54, 1.807) is 4.90 Å². The van der Waals surface area contributed by atoms with E-state index in [1.165, 1.54) is 24.3 Å². The molecule has 1 saturated heterocycles. The van der Waals surface area contributed by atoms with Crippen molar-refractivity contribution in [2.24, 2.45) is 0 Å². The van der Waals surface area contributed by atoms with Gasteiger partial charge in [0.1, 0.15) is 0 Å². The van der Waals surface area contributed by atoms with Crippen LogP contribution in [0, 0.1) is 10.1 Å². The van der Waals surface area contributed by atoms with E-state index >= 15 is 0 Å². The minimum atomic E-state index is -3.51. The van der Waals surface area contributed by atoms with Gasteiger partial charge in [0, 0.05) is 38.2 Å². The molecule has 0 bridgehead atoms. The van der Waals surface area contributed by atoms with Crippen LogP contribution in [0.2, 0.25) is 0 Å². The van der Waals surface area contributed by atoms with Crippen molar-refractivity contribution in [2.75, 3.05) is 19.6 Å². The number of hydrogen-bond acceptors (Lipinski definition) is 5. The Morgan fingerprint density at radius 1 is 1.16 bits per heavy atom. The number of nitro groups is 1. The summed E-state index contributed by atoms with van der Waals surface area (Å²) in [6.07, 6.45) is 4.12. The van der Waals surface area contributed by atoms with Crippen LogP contribution in [-0.2, 0) is 20.6 Å². The number of carbonyl (C=O) groups excluding carboxylic acids is 1. The van der Waals surface area contributed by atoms with Crippen molar-refractivity contribution >= 4 is 21.6 Å². The fourth-order valence-corrected chi connectivity index (χ4v) is 3.95. The number of benzene rings is 1. The number of hydrogen-bond donors (Lipinski definition) is 1. The van der Waals surface area contributed by atoms with Crippen molar-refractivity contribution in [3.05, 3.63) is 39.9 Å². The van der Waals surface area contributed by atoms with Gasteiger partial charge in [-0.1, -0.05) is 18.6 Å². The average Bonchev–Trinajstić information content (AvgIpc) is 2.76. The molecule has 0 aromatic heterocycles. The summed E-state index contributed by atoms with van der Waals surface area (Å²) in [5.74, 6) is -0.0839. The van der Waals surface area contributed by atoms with Crippen LogP contribution in [0.3, 0.4) is 0 Å². The Hall–Kier alpha value is -2.00. The number of nitro benzene ring substituents is 1. The molecule has 1 amide bonds. The summed E-state index contributed by atoms with van der Waals surface area (Å²) >= 11 is 0. The van der Waals surface area contributed by atoms with E-state index in [4.69, 9.17) is 0 Å². The van der Waals surface area contributed by atoms with E-state index in [1.807, 2.05) is 0 Å². The maximum absolute atomic E-state index is 12.1. The van der Waals surface area contributed by atoms with Gasteiger partial charge in [0.15, 0.2) is 0 Å². The SMILES string of the molecule is O=C1CCCCCN1CCCNS(=O)(=O)Cc1ccc([N+](=O)[O-])cc1. The predicted octanol–water partition coefficient (Wildman–Crippen LogP) is 1.81. The Kier molecular flexibility index (Phi) is 6.89. The van der Waals surface area contributed by atoms with Crippen LogP contribution < -0.4 is 4.72 Å². The Morgan fingerprint density at radius 2 is 1.88 bits per heavy atom. The molecular weight excluding hydrogens is 346 g/mol. The van der Waals surface area contributed by atoms with E-state index in [-0.39, 0.29) is 23.9 Å². The quantitative estimate of drug-likeness (QED) is 0.427. The normalized spacial score (nSPS) is 15.8. The van der Waals surface area contributed by atoms with Crippen molar-refractivity contribution in [1.82, 2.24) is 9.62 Å². The molecule has 2 rings (SSSR count). The second kappa shape index (κ2) is 8.91. The van der Waals surface area contributed by atoms with Gasteiger partial charge in [-0.2, -0.15) is 0 Å². The fraction of sp³-hybridized carbons (Fsp3) is 0.562. The highest BCUT2D eigenvalue weighted by Crippen LogP contribution is 2.14. The van der Waals surface area contributed by atoms with Crippen LogP contribution in [0.15, 0.2) is 24.3 Å². The zero-order valence-corrected chi connectivity index (χ0v) is 14.8. The lowest BCUT2D eigenvalue weighted by atomic mass is 10.2. The zero-order valence-electron chi connectivity index (χ0n) is 14.0. The minimum absolute atomic E-state index is 0.0729. The molecular formula is C16H23N3O5S. The lowest BCUT2D eigenvalue weighted by molar-refractivity contribution is -0.384. The lowest BCUT2D eigenvalue weighted by Gasteiger charge is -2.20. The molecule has 1 aromatic rings. The fourth-order valence-electron chi connectivity index (χ4n) is 2.76. The summed E-state index contributed by atoms with van der Waals surface area (Å²) < 4.78 is 26.6. The monoisotopic (exact) mass is 369 g/mol. The van der Waals surface area contributed by atoms with E-state index in [9.17, 15) is 23.3 Å². The van der Waals surface area contributed by atoms with Crippen LogP contribution in [-0.4, -0.2) is 43.8 Å². The predicted molar refractivity (Wildman–Crippen MR) is 93.4 cm³/mol. The highest BCUT2D eigenvalue weighted by molar-refractivity contribution is 7.88. The average molecular weight is 369 g/mol. The molecule has 1 aliphatic heterocycles. The van der Waals surface area contributed by atoms with Crippen LogP contribution in [0.25, 0.3) is 0 Å². The first kappa shape index (κ1) is 19.3.